The summed E-state index contributed by atoms with van der Waals surface area (Å²) < 4.78 is 3.14. The van der Waals surface area contributed by atoms with Crippen LogP contribution in [0.25, 0.3) is 11.0 Å². The molecular weight excluding hydrogens is 218 g/mol. The molecule has 0 aliphatic carbocycles. The molecule has 0 bridgehead atoms. The lowest BCUT2D eigenvalue weighted by Crippen LogP contribution is -2.36. The lowest BCUT2D eigenvalue weighted by atomic mass is 10.0. The van der Waals surface area contributed by atoms with Crippen LogP contribution in [0.5, 0.6) is 0 Å². The molecule has 3 rings (SSSR count). The fourth-order valence-electron chi connectivity index (χ4n) is 2.68. The number of aryl methyl sites for hydroxylation is 1. The number of hydrogen-bond donors (Lipinski definition) is 1. The van der Waals surface area contributed by atoms with Gasteiger partial charge in [0, 0.05) is 0 Å². The van der Waals surface area contributed by atoms with E-state index >= 15 is 0 Å². The first kappa shape index (κ1) is 10.4. The van der Waals surface area contributed by atoms with Gasteiger partial charge < -0.3 is 4.84 Å². The number of para-hydroxylation sites is 1. The zero-order valence-electron chi connectivity index (χ0n) is 9.93. The first-order chi connectivity index (χ1) is 8.27. The van der Waals surface area contributed by atoms with Crippen LogP contribution in [0.4, 0.5) is 0 Å². The fourth-order valence-corrected chi connectivity index (χ4v) is 2.68. The molecule has 5 nitrogen and oxygen atoms in total. The van der Waals surface area contributed by atoms with Crippen LogP contribution >= 0.6 is 0 Å². The van der Waals surface area contributed by atoms with Gasteiger partial charge in [0.2, 0.25) is 0 Å². The standard InChI is InChI=1S/C12H15N3O2/c1-13-10-7-6-8-4-3-5-9-11(8)14(10)12(16)15(9)17-2/h3-5,10,13H,6-7H2,1-2H3/t10-/m1/s1. The highest BCUT2D eigenvalue weighted by molar-refractivity contribution is 5.80. The van der Waals surface area contributed by atoms with Crippen LogP contribution in [0.2, 0.25) is 0 Å². The number of benzene rings is 1. The molecule has 1 aromatic heterocycles. The van der Waals surface area contributed by atoms with Crippen LogP contribution in [0.3, 0.4) is 0 Å². The van der Waals surface area contributed by atoms with Crippen molar-refractivity contribution in [3.05, 3.63) is 34.2 Å². The SMILES string of the molecule is CN[C@H]1CCc2cccc3c2n1c(=O)n3OC. The average molecular weight is 233 g/mol. The zero-order valence-corrected chi connectivity index (χ0v) is 9.93. The number of aromatic nitrogens is 2. The van der Waals surface area contributed by atoms with Crippen LogP contribution in [0, 0.1) is 0 Å². The first-order valence-corrected chi connectivity index (χ1v) is 5.74. The van der Waals surface area contributed by atoms with Gasteiger partial charge in [0.15, 0.2) is 0 Å². The van der Waals surface area contributed by atoms with E-state index in [0.29, 0.717) is 0 Å². The van der Waals surface area contributed by atoms with Gasteiger partial charge in [-0.3, -0.25) is 9.88 Å². The van der Waals surface area contributed by atoms with Crippen LogP contribution in [0.15, 0.2) is 23.0 Å². The Balaban J connectivity index is 2.45. The van der Waals surface area contributed by atoms with E-state index in [4.69, 9.17) is 4.84 Å². The van der Waals surface area contributed by atoms with Gasteiger partial charge in [-0.05, 0) is 31.5 Å². The Kier molecular flexibility index (Phi) is 2.22. The van der Waals surface area contributed by atoms with Gasteiger partial charge >= 0.3 is 5.69 Å². The molecule has 1 atom stereocenters. The largest absolute Gasteiger partial charge is 0.412 e. The summed E-state index contributed by atoms with van der Waals surface area (Å²) in [5, 5.41) is 3.18. The third-order valence-corrected chi connectivity index (χ3v) is 3.45. The maximum atomic E-state index is 12.3. The molecule has 0 saturated carbocycles. The second-order valence-corrected chi connectivity index (χ2v) is 4.26. The minimum absolute atomic E-state index is 0.0521. The first-order valence-electron chi connectivity index (χ1n) is 5.74. The van der Waals surface area contributed by atoms with Crippen LogP contribution in [0.1, 0.15) is 18.2 Å². The number of hydrogen-bond acceptors (Lipinski definition) is 3. The zero-order chi connectivity index (χ0) is 12.0. The summed E-state index contributed by atoms with van der Waals surface area (Å²) in [5.41, 5.74) is 2.93. The summed E-state index contributed by atoms with van der Waals surface area (Å²) in [6.45, 7) is 0. The van der Waals surface area contributed by atoms with Gasteiger partial charge in [0.1, 0.15) is 12.6 Å². The molecule has 0 spiro atoms. The highest BCUT2D eigenvalue weighted by atomic mass is 16.7. The number of imidazole rings is 1. The third-order valence-electron chi connectivity index (χ3n) is 3.45. The number of nitrogens with zero attached hydrogens (tertiary/aromatic N) is 2. The molecule has 1 aliphatic heterocycles. The molecule has 1 N–H and O–H groups in total. The van der Waals surface area contributed by atoms with E-state index in [1.165, 1.54) is 17.4 Å². The average Bonchev–Trinajstić information content (AvgIpc) is 2.65. The van der Waals surface area contributed by atoms with Crippen LogP contribution in [-0.2, 0) is 6.42 Å². The predicted octanol–water partition coefficient (Wildman–Crippen LogP) is 0.526. The molecule has 1 aromatic carbocycles. The van der Waals surface area contributed by atoms with E-state index in [0.717, 1.165) is 23.9 Å². The van der Waals surface area contributed by atoms with E-state index in [9.17, 15) is 4.79 Å². The summed E-state index contributed by atoms with van der Waals surface area (Å²) in [4.78, 5) is 17.4. The van der Waals surface area contributed by atoms with E-state index in [1.54, 1.807) is 4.57 Å². The Bertz CT molecular complexity index is 626. The van der Waals surface area contributed by atoms with Crippen molar-refractivity contribution >= 4 is 11.0 Å². The summed E-state index contributed by atoms with van der Waals surface area (Å²) in [5.74, 6) is 0. The molecule has 0 saturated heterocycles. The van der Waals surface area contributed by atoms with Gasteiger partial charge in [-0.1, -0.05) is 12.1 Å². The second-order valence-electron chi connectivity index (χ2n) is 4.26. The Morgan fingerprint density at radius 3 is 3.00 bits per heavy atom. The third kappa shape index (κ3) is 1.26. The van der Waals surface area contributed by atoms with Crippen molar-refractivity contribution in [2.24, 2.45) is 0 Å². The summed E-state index contributed by atoms with van der Waals surface area (Å²) in [6.07, 6.45) is 1.96. The molecule has 0 fully saturated rings. The van der Waals surface area contributed by atoms with E-state index < -0.39 is 0 Å². The van der Waals surface area contributed by atoms with Crippen molar-refractivity contribution < 1.29 is 4.84 Å². The fraction of sp³-hybridized carbons (Fsp3) is 0.417. The van der Waals surface area contributed by atoms with E-state index in [2.05, 4.69) is 11.4 Å². The maximum Gasteiger partial charge on any atom is 0.363 e. The van der Waals surface area contributed by atoms with Crippen molar-refractivity contribution in [3.8, 4) is 0 Å². The van der Waals surface area contributed by atoms with Crippen molar-refractivity contribution in [3.63, 3.8) is 0 Å². The summed E-state index contributed by atoms with van der Waals surface area (Å²) in [7, 11) is 3.39. The van der Waals surface area contributed by atoms with Gasteiger partial charge in [0.25, 0.3) is 0 Å². The number of rotatable bonds is 2. The maximum absolute atomic E-state index is 12.3. The molecule has 2 heterocycles. The molecule has 1 aliphatic rings. The lowest BCUT2D eigenvalue weighted by molar-refractivity contribution is 0.163. The summed E-state index contributed by atoms with van der Waals surface area (Å²) in [6, 6.07) is 5.96. The smallest absolute Gasteiger partial charge is 0.363 e. The highest BCUT2D eigenvalue weighted by Gasteiger charge is 2.25. The topological polar surface area (TPSA) is 48.2 Å². The lowest BCUT2D eigenvalue weighted by Gasteiger charge is -2.23. The van der Waals surface area contributed by atoms with E-state index in [-0.39, 0.29) is 11.9 Å². The monoisotopic (exact) mass is 233 g/mol. The van der Waals surface area contributed by atoms with Crippen molar-refractivity contribution in [2.75, 3.05) is 14.2 Å². The van der Waals surface area contributed by atoms with Crippen molar-refractivity contribution in [1.82, 2.24) is 14.6 Å². The normalized spacial score (nSPS) is 18.6. The van der Waals surface area contributed by atoms with E-state index in [1.807, 2.05) is 19.2 Å². The minimum atomic E-state index is -0.117. The van der Waals surface area contributed by atoms with Gasteiger partial charge in [0.05, 0.1) is 11.7 Å². The number of nitrogens with one attached hydrogen (secondary N) is 1. The molecule has 5 heteroatoms. The molecule has 17 heavy (non-hydrogen) atoms. The van der Waals surface area contributed by atoms with Crippen LogP contribution in [-0.4, -0.2) is 23.5 Å². The highest BCUT2D eigenvalue weighted by Crippen LogP contribution is 2.27. The van der Waals surface area contributed by atoms with Crippen LogP contribution < -0.4 is 15.8 Å². The minimum Gasteiger partial charge on any atom is -0.412 e. The Morgan fingerprint density at radius 2 is 2.29 bits per heavy atom. The van der Waals surface area contributed by atoms with Crippen molar-refractivity contribution in [2.45, 2.75) is 19.0 Å². The quantitative estimate of drug-likeness (QED) is 0.823. The van der Waals surface area contributed by atoms with Gasteiger partial charge in [-0.2, -0.15) is 0 Å². The van der Waals surface area contributed by atoms with Gasteiger partial charge in [-0.25, -0.2) is 4.79 Å². The Morgan fingerprint density at radius 1 is 1.47 bits per heavy atom. The Labute approximate surface area is 98.6 Å². The Hall–Kier alpha value is -1.75. The molecular formula is C12H15N3O2. The molecule has 2 aromatic rings. The van der Waals surface area contributed by atoms with Gasteiger partial charge in [-0.15, -0.1) is 4.73 Å². The molecule has 90 valence electrons. The van der Waals surface area contributed by atoms with Crippen molar-refractivity contribution in [1.29, 1.82) is 0 Å². The predicted molar refractivity (Wildman–Crippen MR) is 65.1 cm³/mol. The molecule has 0 unspecified atom stereocenters. The molecule has 0 amide bonds. The molecule has 0 radical (unpaired) electrons. The summed E-state index contributed by atoms with van der Waals surface area (Å²) >= 11 is 0. The second kappa shape index (κ2) is 3.63.